The molecular formula is C16H12Cl3NO3S2. The summed E-state index contributed by atoms with van der Waals surface area (Å²) in [6.07, 6.45) is 1.79. The summed E-state index contributed by atoms with van der Waals surface area (Å²) in [5, 5.41) is 2.65. The minimum Gasteiger partial charge on any atom is -1.00 e. The maximum absolute atomic E-state index is 12.7. The van der Waals surface area contributed by atoms with Crippen molar-refractivity contribution in [3.8, 4) is 0 Å². The number of aromatic nitrogens is 1. The summed E-state index contributed by atoms with van der Waals surface area (Å²) in [7, 11) is 0. The second-order valence-electron chi connectivity index (χ2n) is 4.87. The Labute approximate surface area is 169 Å². The maximum atomic E-state index is 12.7. The molecule has 0 fully saturated rings. The molecule has 4 nitrogen and oxygen atoms in total. The van der Waals surface area contributed by atoms with E-state index in [-0.39, 0.29) is 30.7 Å². The van der Waals surface area contributed by atoms with Crippen LogP contribution in [0.1, 0.15) is 23.0 Å². The Morgan fingerprint density at radius 3 is 2.84 bits per heavy atom. The third-order valence-corrected chi connectivity index (χ3v) is 6.29. The lowest BCUT2D eigenvalue weighted by atomic mass is 10.2. The van der Waals surface area contributed by atoms with Gasteiger partial charge in [-0.3, -0.25) is 4.79 Å². The summed E-state index contributed by atoms with van der Waals surface area (Å²) in [5.41, 5.74) is 1.31. The molecule has 2 aromatic rings. The zero-order valence-corrected chi connectivity index (χ0v) is 16.8. The molecule has 0 saturated carbocycles. The number of esters is 1. The normalized spacial score (nSPS) is 14.4. The average molecular weight is 437 g/mol. The van der Waals surface area contributed by atoms with Crippen LogP contribution in [0.4, 0.5) is 0 Å². The lowest BCUT2D eigenvalue weighted by Crippen LogP contribution is -3.00. The molecule has 1 aromatic carbocycles. The summed E-state index contributed by atoms with van der Waals surface area (Å²) in [4.78, 5) is 24.9. The summed E-state index contributed by atoms with van der Waals surface area (Å²) in [6, 6.07) is 5.27. The van der Waals surface area contributed by atoms with Crippen molar-refractivity contribution in [2.75, 3.05) is 6.61 Å². The van der Waals surface area contributed by atoms with E-state index in [1.54, 1.807) is 41.1 Å². The molecule has 0 radical (unpaired) electrons. The van der Waals surface area contributed by atoms with Crippen molar-refractivity contribution in [1.29, 1.82) is 0 Å². The summed E-state index contributed by atoms with van der Waals surface area (Å²) >= 11 is 15.0. The monoisotopic (exact) mass is 435 g/mol. The number of allylic oxidation sites excluding steroid dienone is 1. The number of carbonyl (C=O) groups is 2. The highest BCUT2D eigenvalue weighted by atomic mass is 35.5. The third-order valence-electron chi connectivity index (χ3n) is 3.28. The molecule has 0 bridgehead atoms. The summed E-state index contributed by atoms with van der Waals surface area (Å²) in [6.45, 7) is 2.07. The Kier molecular flexibility index (Phi) is 6.93. The predicted octanol–water partition coefficient (Wildman–Crippen LogP) is 1.24. The number of rotatable bonds is 4. The zero-order chi connectivity index (χ0) is 17.3. The number of thioether (sulfide) groups is 1. The standard InChI is InChI=1S/C16H12Cl2NO3S2.ClH/c1-2-22-13(20)7-10-8-23-16-19(10)15(21)12(24-16)6-9-4-3-5-11(17)14(9)18;/h3-6,8H,2,7H2,1H3;1H/q+1;/p-1/b12-6-;. The topological polar surface area (TPSA) is 47.2 Å². The fraction of sp³-hybridized carbons (Fsp3) is 0.188. The van der Waals surface area contributed by atoms with Gasteiger partial charge >= 0.3 is 16.2 Å². The number of halogens is 3. The van der Waals surface area contributed by atoms with E-state index in [0.717, 1.165) is 4.34 Å². The van der Waals surface area contributed by atoms with E-state index >= 15 is 0 Å². The van der Waals surface area contributed by atoms with Crippen molar-refractivity contribution in [1.82, 2.24) is 0 Å². The van der Waals surface area contributed by atoms with Gasteiger partial charge in [-0.2, -0.15) is 0 Å². The van der Waals surface area contributed by atoms with Crippen molar-refractivity contribution in [3.63, 3.8) is 0 Å². The minimum absolute atomic E-state index is 0. The number of fused-ring (bicyclic) bond motifs is 1. The molecule has 132 valence electrons. The van der Waals surface area contributed by atoms with Crippen molar-refractivity contribution in [2.24, 2.45) is 0 Å². The van der Waals surface area contributed by atoms with Gasteiger partial charge in [0.25, 0.3) is 0 Å². The molecule has 0 amide bonds. The van der Waals surface area contributed by atoms with Crippen LogP contribution < -0.4 is 17.0 Å². The van der Waals surface area contributed by atoms with E-state index in [0.29, 0.717) is 32.8 Å². The average Bonchev–Trinajstić information content (AvgIpc) is 3.06. The predicted molar refractivity (Wildman–Crippen MR) is 95.8 cm³/mol. The van der Waals surface area contributed by atoms with E-state index in [1.807, 2.05) is 0 Å². The molecule has 1 aliphatic rings. The number of ether oxygens (including phenoxy) is 1. The molecule has 0 atom stereocenters. The SMILES string of the molecule is CCOC(=O)Cc1csc2[n+]1C(=O)/C(=C/c1cccc(Cl)c1Cl)S2.[Cl-]. The molecule has 25 heavy (non-hydrogen) atoms. The maximum Gasteiger partial charge on any atom is 0.433 e. The number of carbonyl (C=O) groups excluding carboxylic acids is 2. The number of nitrogens with zero attached hydrogens (tertiary/aromatic N) is 1. The van der Waals surface area contributed by atoms with Crippen LogP contribution >= 0.6 is 46.3 Å². The first-order chi connectivity index (χ1) is 11.5. The van der Waals surface area contributed by atoms with E-state index in [2.05, 4.69) is 0 Å². The smallest absolute Gasteiger partial charge is 0.433 e. The molecule has 0 N–H and O–H groups in total. The van der Waals surface area contributed by atoms with Gasteiger partial charge in [0.1, 0.15) is 11.3 Å². The third kappa shape index (κ3) is 4.20. The second-order valence-corrected chi connectivity index (χ2v) is 7.80. The van der Waals surface area contributed by atoms with Gasteiger partial charge in [0, 0.05) is 11.8 Å². The Balaban J connectivity index is 0.00000225. The van der Waals surface area contributed by atoms with Gasteiger partial charge in [0.15, 0.2) is 0 Å². The van der Waals surface area contributed by atoms with Crippen molar-refractivity contribution >= 4 is 64.3 Å². The molecular weight excluding hydrogens is 425 g/mol. The lowest BCUT2D eigenvalue weighted by molar-refractivity contribution is -0.607. The molecule has 2 heterocycles. The van der Waals surface area contributed by atoms with Crippen LogP contribution in [0.25, 0.3) is 6.08 Å². The van der Waals surface area contributed by atoms with Crippen LogP contribution in [0, 0.1) is 0 Å². The first kappa shape index (κ1) is 20.3. The van der Waals surface area contributed by atoms with Crippen LogP contribution in [0.3, 0.4) is 0 Å². The minimum atomic E-state index is -0.348. The highest BCUT2D eigenvalue weighted by Crippen LogP contribution is 2.37. The van der Waals surface area contributed by atoms with E-state index < -0.39 is 0 Å². The van der Waals surface area contributed by atoms with Crippen molar-refractivity contribution in [2.45, 2.75) is 17.7 Å². The van der Waals surface area contributed by atoms with Gasteiger partial charge in [-0.15, -0.1) is 4.57 Å². The van der Waals surface area contributed by atoms with E-state index in [4.69, 9.17) is 27.9 Å². The Morgan fingerprint density at radius 2 is 2.12 bits per heavy atom. The van der Waals surface area contributed by atoms with Crippen molar-refractivity contribution < 1.29 is 31.3 Å². The second kappa shape index (κ2) is 8.56. The first-order valence-electron chi connectivity index (χ1n) is 7.07. The molecule has 1 aromatic heterocycles. The Bertz CT molecular complexity index is 864. The van der Waals surface area contributed by atoms with Crippen LogP contribution in [0.5, 0.6) is 0 Å². The van der Waals surface area contributed by atoms with Crippen molar-refractivity contribution in [3.05, 3.63) is 49.8 Å². The molecule has 3 rings (SSSR count). The van der Waals surface area contributed by atoms with Crippen LogP contribution in [-0.4, -0.2) is 18.5 Å². The number of benzene rings is 1. The largest absolute Gasteiger partial charge is 1.00 e. The number of thiazole rings is 1. The van der Waals surface area contributed by atoms with E-state index in [9.17, 15) is 9.59 Å². The molecule has 0 aliphatic carbocycles. The van der Waals surface area contributed by atoms with Gasteiger partial charge < -0.3 is 17.1 Å². The van der Waals surface area contributed by atoms with E-state index in [1.165, 1.54) is 23.1 Å². The highest BCUT2D eigenvalue weighted by Gasteiger charge is 2.41. The fourth-order valence-corrected chi connectivity index (χ4v) is 4.76. The Hall–Kier alpha value is -1.05. The van der Waals surface area contributed by atoms with Crippen LogP contribution in [0.2, 0.25) is 10.0 Å². The number of hydrogen-bond donors (Lipinski definition) is 0. The molecule has 0 unspecified atom stereocenters. The molecule has 9 heteroatoms. The quantitative estimate of drug-likeness (QED) is 0.411. The highest BCUT2D eigenvalue weighted by molar-refractivity contribution is 8.05. The van der Waals surface area contributed by atoms with Crippen LogP contribution in [-0.2, 0) is 16.0 Å². The summed E-state index contributed by atoms with van der Waals surface area (Å²) < 4.78 is 7.31. The van der Waals surface area contributed by atoms with Gasteiger partial charge in [-0.1, -0.05) is 46.7 Å². The number of hydrogen-bond acceptors (Lipinski definition) is 5. The fourth-order valence-electron chi connectivity index (χ4n) is 2.22. The van der Waals surface area contributed by atoms with Gasteiger partial charge in [0.05, 0.1) is 22.0 Å². The molecule has 0 saturated heterocycles. The zero-order valence-electron chi connectivity index (χ0n) is 12.9. The van der Waals surface area contributed by atoms with Crippen LogP contribution in [0.15, 0.2) is 32.8 Å². The Morgan fingerprint density at radius 1 is 1.36 bits per heavy atom. The first-order valence-corrected chi connectivity index (χ1v) is 9.52. The van der Waals surface area contributed by atoms with Gasteiger partial charge in [0.2, 0.25) is 5.69 Å². The molecule has 1 aliphatic heterocycles. The van der Waals surface area contributed by atoms with Gasteiger partial charge in [-0.25, -0.2) is 4.79 Å². The molecule has 0 spiro atoms. The van der Waals surface area contributed by atoms with Gasteiger partial charge in [-0.05, 0) is 24.6 Å². The lowest BCUT2D eigenvalue weighted by Gasteiger charge is -2.00. The summed E-state index contributed by atoms with van der Waals surface area (Å²) in [5.74, 6) is -0.523.